The normalized spacial score (nSPS) is 40.0. The number of Topliss-reactive ketones (excluding diaryl/α,β-unsaturated/α-hetero) is 1. The van der Waals surface area contributed by atoms with E-state index in [0.717, 1.165) is 37.7 Å². The van der Waals surface area contributed by atoms with Crippen molar-refractivity contribution >= 4 is 5.78 Å². The molecule has 1 aliphatic heterocycles. The van der Waals surface area contributed by atoms with Crippen LogP contribution in [0.2, 0.25) is 0 Å². The molecule has 0 N–H and O–H groups in total. The van der Waals surface area contributed by atoms with E-state index in [1.54, 1.807) is 0 Å². The van der Waals surface area contributed by atoms with Gasteiger partial charge in [-0.1, -0.05) is 6.42 Å². The van der Waals surface area contributed by atoms with Gasteiger partial charge in [-0.05, 0) is 56.8 Å². The number of hydrogen-bond acceptors (Lipinski definition) is 2. The maximum Gasteiger partial charge on any atom is 0.136 e. The van der Waals surface area contributed by atoms with Gasteiger partial charge in [-0.3, -0.25) is 4.79 Å². The van der Waals surface area contributed by atoms with Crippen molar-refractivity contribution < 1.29 is 9.53 Å². The molecular weight excluding hydrogens is 212 g/mol. The first-order valence-electron chi connectivity index (χ1n) is 7.47. The Morgan fingerprint density at radius 2 is 2.12 bits per heavy atom. The maximum absolute atomic E-state index is 12.2. The first kappa shape index (κ1) is 11.7. The predicted octanol–water partition coefficient (Wildman–Crippen LogP) is 3.34. The van der Waals surface area contributed by atoms with Crippen LogP contribution < -0.4 is 0 Å². The van der Waals surface area contributed by atoms with Gasteiger partial charge < -0.3 is 4.74 Å². The van der Waals surface area contributed by atoms with E-state index in [1.165, 1.54) is 38.5 Å². The topological polar surface area (TPSA) is 26.3 Å². The van der Waals surface area contributed by atoms with Crippen molar-refractivity contribution in [2.45, 2.75) is 63.9 Å². The largest absolute Gasteiger partial charge is 0.378 e. The molecule has 4 atom stereocenters. The number of ether oxygens (including phenoxy) is 1. The zero-order valence-electron chi connectivity index (χ0n) is 10.7. The van der Waals surface area contributed by atoms with Gasteiger partial charge in [-0.2, -0.15) is 0 Å². The molecule has 4 unspecified atom stereocenters. The van der Waals surface area contributed by atoms with Gasteiger partial charge in [0, 0.05) is 18.9 Å². The second-order valence-electron chi connectivity index (χ2n) is 6.27. The van der Waals surface area contributed by atoms with Crippen molar-refractivity contribution in [3.63, 3.8) is 0 Å². The number of hydrogen-bond donors (Lipinski definition) is 0. The van der Waals surface area contributed by atoms with Crippen molar-refractivity contribution in [2.24, 2.45) is 17.8 Å². The zero-order chi connectivity index (χ0) is 11.7. The molecule has 3 rings (SSSR count). The number of carbonyl (C=O) groups excluding carboxylic acids is 1. The van der Waals surface area contributed by atoms with E-state index < -0.39 is 0 Å². The van der Waals surface area contributed by atoms with E-state index in [4.69, 9.17) is 4.74 Å². The molecule has 2 saturated carbocycles. The van der Waals surface area contributed by atoms with Crippen LogP contribution in [0.15, 0.2) is 0 Å². The lowest BCUT2D eigenvalue weighted by atomic mass is 9.84. The molecule has 1 heterocycles. The summed E-state index contributed by atoms with van der Waals surface area (Å²) in [5.74, 6) is 2.66. The molecule has 0 aromatic heterocycles. The molecule has 0 amide bonds. The van der Waals surface area contributed by atoms with Crippen LogP contribution in [0.1, 0.15) is 57.8 Å². The smallest absolute Gasteiger partial charge is 0.136 e. The van der Waals surface area contributed by atoms with Crippen LogP contribution in [0.4, 0.5) is 0 Å². The Morgan fingerprint density at radius 1 is 1.18 bits per heavy atom. The Morgan fingerprint density at radius 3 is 2.76 bits per heavy atom. The Labute approximate surface area is 104 Å². The third kappa shape index (κ3) is 2.57. The average molecular weight is 236 g/mol. The minimum absolute atomic E-state index is 0.443. The van der Waals surface area contributed by atoms with Crippen LogP contribution in [0, 0.1) is 17.8 Å². The van der Waals surface area contributed by atoms with Crippen molar-refractivity contribution in [1.82, 2.24) is 0 Å². The lowest BCUT2D eigenvalue weighted by molar-refractivity contribution is -0.124. The molecule has 2 bridgehead atoms. The summed E-state index contributed by atoms with van der Waals surface area (Å²) in [5, 5.41) is 0. The van der Waals surface area contributed by atoms with Crippen LogP contribution >= 0.6 is 0 Å². The summed E-state index contributed by atoms with van der Waals surface area (Å²) in [7, 11) is 0. The van der Waals surface area contributed by atoms with Gasteiger partial charge in [0.1, 0.15) is 5.78 Å². The summed E-state index contributed by atoms with van der Waals surface area (Å²) in [6.07, 6.45) is 11.1. The van der Waals surface area contributed by atoms with E-state index in [0.29, 0.717) is 17.8 Å². The van der Waals surface area contributed by atoms with Gasteiger partial charge >= 0.3 is 0 Å². The molecule has 1 saturated heterocycles. The molecule has 3 fully saturated rings. The van der Waals surface area contributed by atoms with Gasteiger partial charge in [0.15, 0.2) is 0 Å². The second kappa shape index (κ2) is 5.09. The number of ketones is 1. The van der Waals surface area contributed by atoms with Gasteiger partial charge in [0.25, 0.3) is 0 Å². The van der Waals surface area contributed by atoms with Crippen molar-refractivity contribution in [3.05, 3.63) is 0 Å². The van der Waals surface area contributed by atoms with Crippen molar-refractivity contribution in [1.29, 1.82) is 0 Å². The predicted molar refractivity (Wildman–Crippen MR) is 66.8 cm³/mol. The minimum atomic E-state index is 0.443. The fourth-order valence-electron chi connectivity index (χ4n) is 4.20. The molecular formula is C15H24O2. The lowest BCUT2D eigenvalue weighted by Gasteiger charge is -2.20. The summed E-state index contributed by atoms with van der Waals surface area (Å²) >= 11 is 0. The van der Waals surface area contributed by atoms with Crippen LogP contribution in [0.25, 0.3) is 0 Å². The van der Waals surface area contributed by atoms with E-state index in [9.17, 15) is 4.79 Å². The molecule has 17 heavy (non-hydrogen) atoms. The molecule has 96 valence electrons. The van der Waals surface area contributed by atoms with E-state index in [2.05, 4.69) is 0 Å². The molecule has 2 aliphatic carbocycles. The molecule has 0 radical (unpaired) electrons. The Balaban J connectivity index is 1.38. The fraction of sp³-hybridized carbons (Fsp3) is 0.933. The molecule has 0 aromatic rings. The highest BCUT2D eigenvalue weighted by Gasteiger charge is 2.42. The summed E-state index contributed by atoms with van der Waals surface area (Å²) < 4.78 is 5.60. The fourth-order valence-corrected chi connectivity index (χ4v) is 4.20. The highest BCUT2D eigenvalue weighted by atomic mass is 16.5. The highest BCUT2D eigenvalue weighted by molar-refractivity contribution is 5.81. The first-order valence-corrected chi connectivity index (χ1v) is 7.47. The van der Waals surface area contributed by atoms with Gasteiger partial charge in [0.05, 0.1) is 6.10 Å². The Kier molecular flexibility index (Phi) is 3.51. The second-order valence-corrected chi connectivity index (χ2v) is 6.27. The Bertz CT molecular complexity index is 281. The van der Waals surface area contributed by atoms with Crippen molar-refractivity contribution in [2.75, 3.05) is 6.61 Å². The van der Waals surface area contributed by atoms with Crippen molar-refractivity contribution in [3.8, 4) is 0 Å². The SMILES string of the molecule is O=C(CCCC1CCCO1)C1CC2CCC1C2. The molecule has 0 spiro atoms. The minimum Gasteiger partial charge on any atom is -0.378 e. The summed E-state index contributed by atoms with van der Waals surface area (Å²) in [6.45, 7) is 0.936. The van der Waals surface area contributed by atoms with Crippen LogP contribution in [-0.4, -0.2) is 18.5 Å². The van der Waals surface area contributed by atoms with E-state index in [1.807, 2.05) is 0 Å². The van der Waals surface area contributed by atoms with Gasteiger partial charge in [0.2, 0.25) is 0 Å². The average Bonchev–Trinajstić information content (AvgIpc) is 3.05. The molecule has 2 heteroatoms. The molecule has 3 aliphatic rings. The number of fused-ring (bicyclic) bond motifs is 2. The third-order valence-corrected chi connectivity index (χ3v) is 5.12. The standard InChI is InChI=1S/C15H24O2/c16-15(5-1-3-13-4-2-8-17-13)14-10-11-6-7-12(14)9-11/h11-14H,1-10H2. The first-order chi connectivity index (χ1) is 8.33. The monoisotopic (exact) mass is 236 g/mol. The van der Waals surface area contributed by atoms with E-state index in [-0.39, 0.29) is 0 Å². The summed E-state index contributed by atoms with van der Waals surface area (Å²) in [4.78, 5) is 12.2. The third-order valence-electron chi connectivity index (χ3n) is 5.12. The Hall–Kier alpha value is -0.370. The van der Waals surface area contributed by atoms with E-state index >= 15 is 0 Å². The van der Waals surface area contributed by atoms with Crippen LogP contribution in [0.3, 0.4) is 0 Å². The quantitative estimate of drug-likeness (QED) is 0.732. The number of carbonyl (C=O) groups is 1. The van der Waals surface area contributed by atoms with Gasteiger partial charge in [-0.25, -0.2) is 0 Å². The maximum atomic E-state index is 12.2. The molecule has 2 nitrogen and oxygen atoms in total. The van der Waals surface area contributed by atoms with Crippen LogP contribution in [-0.2, 0) is 9.53 Å². The van der Waals surface area contributed by atoms with Crippen LogP contribution in [0.5, 0.6) is 0 Å². The summed E-state index contributed by atoms with van der Waals surface area (Å²) in [6, 6.07) is 0. The van der Waals surface area contributed by atoms with Gasteiger partial charge in [-0.15, -0.1) is 0 Å². The number of rotatable bonds is 5. The molecule has 0 aromatic carbocycles. The highest BCUT2D eigenvalue weighted by Crippen LogP contribution is 2.49. The zero-order valence-corrected chi connectivity index (χ0v) is 10.7. The lowest BCUT2D eigenvalue weighted by Crippen LogP contribution is -2.21. The summed E-state index contributed by atoms with van der Waals surface area (Å²) in [5.41, 5.74) is 0.